The standard InChI is InChI=1S/C22H23N3O3S/c1-17-8-6-7-11-21(17)25(29(2,27)28)16-22(26)24-20-14-12-19(13-15-20)23-18-9-4-3-5-10-18/h3-15,23H,16H2,1-2H3,(H,24,26). The van der Waals surface area contributed by atoms with E-state index in [4.69, 9.17) is 0 Å². The molecule has 3 aromatic rings. The molecule has 0 heterocycles. The summed E-state index contributed by atoms with van der Waals surface area (Å²) in [5.74, 6) is -0.414. The van der Waals surface area contributed by atoms with Gasteiger partial charge >= 0.3 is 0 Å². The molecule has 0 saturated carbocycles. The van der Waals surface area contributed by atoms with Crippen molar-refractivity contribution >= 4 is 38.7 Å². The lowest BCUT2D eigenvalue weighted by Crippen LogP contribution is -2.37. The Labute approximate surface area is 171 Å². The van der Waals surface area contributed by atoms with E-state index in [9.17, 15) is 13.2 Å². The summed E-state index contributed by atoms with van der Waals surface area (Å²) in [6.07, 6.45) is 1.09. The molecule has 0 aliphatic carbocycles. The van der Waals surface area contributed by atoms with Crippen LogP contribution in [0.4, 0.5) is 22.7 Å². The summed E-state index contributed by atoms with van der Waals surface area (Å²) in [6.45, 7) is 1.51. The largest absolute Gasteiger partial charge is 0.356 e. The van der Waals surface area contributed by atoms with Crippen molar-refractivity contribution in [1.82, 2.24) is 0 Å². The number of carbonyl (C=O) groups excluding carboxylic acids is 1. The van der Waals surface area contributed by atoms with Crippen molar-refractivity contribution in [3.8, 4) is 0 Å². The summed E-state index contributed by atoms with van der Waals surface area (Å²) in [5.41, 5.74) is 3.71. The Morgan fingerprint density at radius 2 is 1.38 bits per heavy atom. The number of nitrogens with zero attached hydrogens (tertiary/aromatic N) is 1. The molecule has 0 unspecified atom stereocenters. The number of nitrogens with one attached hydrogen (secondary N) is 2. The number of para-hydroxylation sites is 2. The van der Waals surface area contributed by atoms with Crippen molar-refractivity contribution in [3.63, 3.8) is 0 Å². The quantitative estimate of drug-likeness (QED) is 0.615. The molecule has 3 aromatic carbocycles. The number of sulfonamides is 1. The topological polar surface area (TPSA) is 78.5 Å². The van der Waals surface area contributed by atoms with Crippen molar-refractivity contribution in [2.45, 2.75) is 6.92 Å². The van der Waals surface area contributed by atoms with E-state index in [-0.39, 0.29) is 6.54 Å². The van der Waals surface area contributed by atoms with E-state index in [1.165, 1.54) is 0 Å². The molecule has 0 aliphatic rings. The average Bonchev–Trinajstić information content (AvgIpc) is 2.68. The van der Waals surface area contributed by atoms with E-state index in [1.54, 1.807) is 24.3 Å². The van der Waals surface area contributed by atoms with Crippen LogP contribution in [0.3, 0.4) is 0 Å². The lowest BCUT2D eigenvalue weighted by Gasteiger charge is -2.23. The van der Waals surface area contributed by atoms with Crippen molar-refractivity contribution in [2.75, 3.05) is 27.7 Å². The SMILES string of the molecule is Cc1ccccc1N(CC(=O)Nc1ccc(Nc2ccccc2)cc1)S(C)(=O)=O. The van der Waals surface area contributed by atoms with Gasteiger partial charge in [0.1, 0.15) is 6.54 Å². The van der Waals surface area contributed by atoms with Gasteiger partial charge in [-0.15, -0.1) is 0 Å². The monoisotopic (exact) mass is 409 g/mol. The number of amides is 1. The van der Waals surface area contributed by atoms with Crippen LogP contribution in [0.2, 0.25) is 0 Å². The predicted molar refractivity (Wildman–Crippen MR) is 118 cm³/mol. The maximum atomic E-state index is 12.5. The maximum Gasteiger partial charge on any atom is 0.245 e. The van der Waals surface area contributed by atoms with Crippen molar-refractivity contribution in [3.05, 3.63) is 84.4 Å². The molecule has 0 saturated heterocycles. The van der Waals surface area contributed by atoms with E-state index in [1.807, 2.05) is 61.5 Å². The van der Waals surface area contributed by atoms with Gasteiger partial charge in [0.15, 0.2) is 0 Å². The third kappa shape index (κ3) is 5.58. The minimum Gasteiger partial charge on any atom is -0.356 e. The van der Waals surface area contributed by atoms with Gasteiger partial charge in [-0.2, -0.15) is 0 Å². The molecule has 150 valence electrons. The predicted octanol–water partition coefficient (Wildman–Crippen LogP) is 4.14. The zero-order valence-corrected chi connectivity index (χ0v) is 17.1. The van der Waals surface area contributed by atoms with Crippen LogP contribution in [-0.2, 0) is 14.8 Å². The molecule has 7 heteroatoms. The summed E-state index contributed by atoms with van der Waals surface area (Å²) in [6, 6.07) is 24.0. The zero-order valence-electron chi connectivity index (χ0n) is 16.3. The van der Waals surface area contributed by atoms with E-state index in [2.05, 4.69) is 10.6 Å². The van der Waals surface area contributed by atoms with Gasteiger partial charge in [-0.1, -0.05) is 36.4 Å². The molecule has 0 atom stereocenters. The van der Waals surface area contributed by atoms with Crippen molar-refractivity contribution < 1.29 is 13.2 Å². The minimum atomic E-state index is -3.61. The molecular formula is C22H23N3O3S. The highest BCUT2D eigenvalue weighted by Crippen LogP contribution is 2.22. The number of anilines is 4. The summed E-state index contributed by atoms with van der Waals surface area (Å²) >= 11 is 0. The van der Waals surface area contributed by atoms with Crippen LogP contribution in [0.5, 0.6) is 0 Å². The zero-order chi connectivity index (χ0) is 20.9. The number of hydrogen-bond donors (Lipinski definition) is 2. The molecule has 29 heavy (non-hydrogen) atoms. The fraction of sp³-hybridized carbons (Fsp3) is 0.136. The van der Waals surface area contributed by atoms with Crippen LogP contribution in [-0.4, -0.2) is 27.1 Å². The van der Waals surface area contributed by atoms with Crippen LogP contribution in [0.25, 0.3) is 0 Å². The highest BCUT2D eigenvalue weighted by molar-refractivity contribution is 7.92. The lowest BCUT2D eigenvalue weighted by molar-refractivity contribution is -0.114. The van der Waals surface area contributed by atoms with Gasteiger partial charge in [0.2, 0.25) is 15.9 Å². The van der Waals surface area contributed by atoms with Gasteiger partial charge in [0, 0.05) is 17.1 Å². The second kappa shape index (κ2) is 8.79. The molecule has 0 aromatic heterocycles. The number of benzene rings is 3. The molecule has 1 amide bonds. The Bertz CT molecular complexity index is 1080. The van der Waals surface area contributed by atoms with Gasteiger partial charge < -0.3 is 10.6 Å². The maximum absolute atomic E-state index is 12.5. The third-order valence-electron chi connectivity index (χ3n) is 4.30. The Morgan fingerprint density at radius 1 is 0.828 bits per heavy atom. The molecule has 0 spiro atoms. The van der Waals surface area contributed by atoms with Crippen LogP contribution >= 0.6 is 0 Å². The molecule has 2 N–H and O–H groups in total. The van der Waals surface area contributed by atoms with Crippen LogP contribution in [0, 0.1) is 6.92 Å². The summed E-state index contributed by atoms with van der Waals surface area (Å²) in [5, 5.41) is 6.02. The fourth-order valence-corrected chi connectivity index (χ4v) is 3.79. The van der Waals surface area contributed by atoms with E-state index in [0.717, 1.165) is 27.5 Å². The molecular weight excluding hydrogens is 386 g/mol. The average molecular weight is 410 g/mol. The number of rotatable bonds is 7. The first-order chi connectivity index (χ1) is 13.8. The highest BCUT2D eigenvalue weighted by atomic mass is 32.2. The van der Waals surface area contributed by atoms with Gasteiger partial charge in [-0.25, -0.2) is 8.42 Å². The second-order valence-corrected chi connectivity index (χ2v) is 8.58. The molecule has 0 aliphatic heterocycles. The minimum absolute atomic E-state index is 0.298. The summed E-state index contributed by atoms with van der Waals surface area (Å²) in [4.78, 5) is 12.5. The number of carbonyl (C=O) groups is 1. The van der Waals surface area contributed by atoms with E-state index >= 15 is 0 Å². The molecule has 0 bridgehead atoms. The molecule has 3 rings (SSSR count). The van der Waals surface area contributed by atoms with Gasteiger partial charge in [0.25, 0.3) is 0 Å². The number of aryl methyl sites for hydroxylation is 1. The smallest absolute Gasteiger partial charge is 0.245 e. The van der Waals surface area contributed by atoms with Crippen LogP contribution in [0.15, 0.2) is 78.9 Å². The lowest BCUT2D eigenvalue weighted by atomic mass is 10.2. The van der Waals surface area contributed by atoms with Crippen LogP contribution in [0.1, 0.15) is 5.56 Å². The van der Waals surface area contributed by atoms with Gasteiger partial charge in [-0.3, -0.25) is 9.10 Å². The Morgan fingerprint density at radius 3 is 2.00 bits per heavy atom. The summed E-state index contributed by atoms with van der Waals surface area (Å²) in [7, 11) is -3.61. The first kappa shape index (κ1) is 20.4. The van der Waals surface area contributed by atoms with E-state index < -0.39 is 15.9 Å². The first-order valence-electron chi connectivity index (χ1n) is 9.08. The molecule has 0 fully saturated rings. The Hall–Kier alpha value is -3.32. The second-order valence-electron chi connectivity index (χ2n) is 6.67. The summed E-state index contributed by atoms with van der Waals surface area (Å²) < 4.78 is 25.6. The Kier molecular flexibility index (Phi) is 6.19. The molecule has 0 radical (unpaired) electrons. The van der Waals surface area contributed by atoms with Crippen molar-refractivity contribution in [2.24, 2.45) is 0 Å². The van der Waals surface area contributed by atoms with Gasteiger partial charge in [-0.05, 0) is 55.0 Å². The first-order valence-corrected chi connectivity index (χ1v) is 10.9. The fourth-order valence-electron chi connectivity index (χ4n) is 2.88. The molecule has 6 nitrogen and oxygen atoms in total. The van der Waals surface area contributed by atoms with Crippen LogP contribution < -0.4 is 14.9 Å². The van der Waals surface area contributed by atoms with E-state index in [0.29, 0.717) is 11.4 Å². The highest BCUT2D eigenvalue weighted by Gasteiger charge is 2.22. The van der Waals surface area contributed by atoms with Crippen molar-refractivity contribution in [1.29, 1.82) is 0 Å². The number of hydrogen-bond acceptors (Lipinski definition) is 4. The Balaban J connectivity index is 1.68. The third-order valence-corrected chi connectivity index (χ3v) is 5.43. The van der Waals surface area contributed by atoms with Gasteiger partial charge in [0.05, 0.1) is 11.9 Å². The normalized spacial score (nSPS) is 11.0.